The van der Waals surface area contributed by atoms with Crippen LogP contribution in [0.4, 0.5) is 14.5 Å². The Balaban J connectivity index is 2.40. The standard InChI is InChI=1S/C22H26BrF2N3O4S/c1-14(2)26-22(30)15(3)27(12-16-5-7-17(23)8-6-16)21(29)13-28(33(4,31)32)18-9-10-19(24)20(25)11-18/h5-11,14-15H,12-13H2,1-4H3,(H,26,30). The van der Waals surface area contributed by atoms with Gasteiger partial charge in [-0.3, -0.25) is 13.9 Å². The fourth-order valence-electron chi connectivity index (χ4n) is 3.03. The predicted molar refractivity (Wildman–Crippen MR) is 126 cm³/mol. The van der Waals surface area contributed by atoms with Gasteiger partial charge in [-0.05, 0) is 50.6 Å². The number of rotatable bonds is 9. The maximum atomic E-state index is 13.8. The van der Waals surface area contributed by atoms with Crippen molar-refractivity contribution in [1.29, 1.82) is 0 Å². The second-order valence-electron chi connectivity index (χ2n) is 7.86. The summed E-state index contributed by atoms with van der Waals surface area (Å²) in [4.78, 5) is 27.2. The van der Waals surface area contributed by atoms with Gasteiger partial charge in [-0.2, -0.15) is 0 Å². The Morgan fingerprint density at radius 3 is 2.15 bits per heavy atom. The van der Waals surface area contributed by atoms with Crippen LogP contribution >= 0.6 is 15.9 Å². The van der Waals surface area contributed by atoms with Crippen LogP contribution in [-0.4, -0.2) is 50.0 Å². The summed E-state index contributed by atoms with van der Waals surface area (Å²) in [6, 6.07) is 8.56. The van der Waals surface area contributed by atoms with Crippen molar-refractivity contribution in [2.45, 2.75) is 39.4 Å². The topological polar surface area (TPSA) is 86.8 Å². The molecule has 1 atom stereocenters. The van der Waals surface area contributed by atoms with Crippen LogP contribution in [0.2, 0.25) is 0 Å². The molecular weight excluding hydrogens is 520 g/mol. The minimum Gasteiger partial charge on any atom is -0.352 e. The highest BCUT2D eigenvalue weighted by atomic mass is 79.9. The summed E-state index contributed by atoms with van der Waals surface area (Å²) in [5.41, 5.74) is 0.516. The zero-order chi connectivity index (χ0) is 24.9. The van der Waals surface area contributed by atoms with Crippen molar-refractivity contribution in [3.8, 4) is 0 Å². The third-order valence-electron chi connectivity index (χ3n) is 4.73. The molecule has 2 rings (SSSR count). The van der Waals surface area contributed by atoms with Gasteiger partial charge >= 0.3 is 0 Å². The molecule has 2 amide bonds. The van der Waals surface area contributed by atoms with Crippen molar-refractivity contribution in [2.75, 3.05) is 17.1 Å². The van der Waals surface area contributed by atoms with Crippen LogP contribution in [0.15, 0.2) is 46.9 Å². The molecule has 0 aliphatic heterocycles. The van der Waals surface area contributed by atoms with E-state index < -0.39 is 46.1 Å². The molecular formula is C22H26BrF2N3O4S. The van der Waals surface area contributed by atoms with E-state index >= 15 is 0 Å². The van der Waals surface area contributed by atoms with E-state index in [0.29, 0.717) is 10.4 Å². The Bertz CT molecular complexity index is 1110. The van der Waals surface area contributed by atoms with E-state index in [1.807, 2.05) is 0 Å². The van der Waals surface area contributed by atoms with E-state index in [-0.39, 0.29) is 18.3 Å². The molecule has 2 aromatic rings. The summed E-state index contributed by atoms with van der Waals surface area (Å²) in [6.07, 6.45) is 0.857. The molecule has 1 unspecified atom stereocenters. The largest absolute Gasteiger partial charge is 0.352 e. The number of anilines is 1. The van der Waals surface area contributed by atoms with Crippen LogP contribution in [0.5, 0.6) is 0 Å². The van der Waals surface area contributed by atoms with E-state index in [1.54, 1.807) is 38.1 Å². The minimum absolute atomic E-state index is 0.0359. The van der Waals surface area contributed by atoms with Gasteiger partial charge in [0.25, 0.3) is 0 Å². The van der Waals surface area contributed by atoms with Crippen LogP contribution in [-0.2, 0) is 26.2 Å². The average Bonchev–Trinajstić information content (AvgIpc) is 2.71. The number of nitrogens with zero attached hydrogens (tertiary/aromatic N) is 2. The number of carbonyl (C=O) groups is 2. The van der Waals surface area contributed by atoms with Crippen molar-refractivity contribution in [3.05, 3.63) is 64.1 Å². The third-order valence-corrected chi connectivity index (χ3v) is 6.40. The lowest BCUT2D eigenvalue weighted by atomic mass is 10.1. The molecule has 0 aliphatic rings. The van der Waals surface area contributed by atoms with E-state index in [0.717, 1.165) is 28.4 Å². The maximum Gasteiger partial charge on any atom is 0.244 e. The first-order chi connectivity index (χ1) is 15.3. The Morgan fingerprint density at radius 1 is 1.03 bits per heavy atom. The minimum atomic E-state index is -4.03. The highest BCUT2D eigenvalue weighted by molar-refractivity contribution is 9.10. The molecule has 7 nitrogen and oxygen atoms in total. The van der Waals surface area contributed by atoms with Crippen LogP contribution in [0, 0.1) is 11.6 Å². The molecule has 0 bridgehead atoms. The molecule has 0 heterocycles. The van der Waals surface area contributed by atoms with Gasteiger partial charge in [-0.15, -0.1) is 0 Å². The van der Waals surface area contributed by atoms with Crippen molar-refractivity contribution in [1.82, 2.24) is 10.2 Å². The van der Waals surface area contributed by atoms with Crippen LogP contribution in [0.1, 0.15) is 26.3 Å². The lowest BCUT2D eigenvalue weighted by molar-refractivity contribution is -0.139. The van der Waals surface area contributed by atoms with Crippen molar-refractivity contribution >= 4 is 43.5 Å². The van der Waals surface area contributed by atoms with E-state index in [4.69, 9.17) is 0 Å². The summed E-state index contributed by atoms with van der Waals surface area (Å²) in [5, 5.41) is 2.74. The van der Waals surface area contributed by atoms with Gasteiger partial charge in [0.05, 0.1) is 11.9 Å². The van der Waals surface area contributed by atoms with Crippen LogP contribution in [0.3, 0.4) is 0 Å². The molecule has 180 valence electrons. The molecule has 0 aliphatic carbocycles. The summed E-state index contributed by atoms with van der Waals surface area (Å²) < 4.78 is 53.4. The fraction of sp³-hybridized carbons (Fsp3) is 0.364. The van der Waals surface area contributed by atoms with E-state index in [2.05, 4.69) is 21.2 Å². The smallest absolute Gasteiger partial charge is 0.244 e. The molecule has 33 heavy (non-hydrogen) atoms. The number of hydrogen-bond donors (Lipinski definition) is 1. The maximum absolute atomic E-state index is 13.8. The quantitative estimate of drug-likeness (QED) is 0.523. The van der Waals surface area contributed by atoms with Gasteiger partial charge in [0.2, 0.25) is 21.8 Å². The monoisotopic (exact) mass is 545 g/mol. The van der Waals surface area contributed by atoms with Crippen molar-refractivity contribution < 1.29 is 26.8 Å². The fourth-order valence-corrected chi connectivity index (χ4v) is 4.13. The summed E-state index contributed by atoms with van der Waals surface area (Å²) in [5.74, 6) is -3.48. The van der Waals surface area contributed by atoms with Crippen LogP contribution in [0.25, 0.3) is 0 Å². The molecule has 0 fully saturated rings. The van der Waals surface area contributed by atoms with E-state index in [1.165, 1.54) is 11.8 Å². The highest BCUT2D eigenvalue weighted by Crippen LogP contribution is 2.22. The number of benzene rings is 2. The summed E-state index contributed by atoms with van der Waals surface area (Å²) >= 11 is 3.34. The Kier molecular flexibility index (Phi) is 8.96. The third kappa shape index (κ3) is 7.50. The second-order valence-corrected chi connectivity index (χ2v) is 10.7. The number of hydrogen-bond acceptors (Lipinski definition) is 4. The molecule has 0 spiro atoms. The molecule has 1 N–H and O–H groups in total. The highest BCUT2D eigenvalue weighted by Gasteiger charge is 2.30. The number of halogens is 3. The van der Waals surface area contributed by atoms with Gasteiger partial charge < -0.3 is 10.2 Å². The molecule has 11 heteroatoms. The van der Waals surface area contributed by atoms with Gasteiger partial charge in [0, 0.05) is 23.1 Å². The number of sulfonamides is 1. The molecule has 0 aromatic heterocycles. The number of nitrogens with one attached hydrogen (secondary N) is 1. The first-order valence-electron chi connectivity index (χ1n) is 10.1. The summed E-state index contributed by atoms with van der Waals surface area (Å²) in [7, 11) is -4.03. The first kappa shape index (κ1) is 26.7. The van der Waals surface area contributed by atoms with Crippen molar-refractivity contribution in [3.63, 3.8) is 0 Å². The molecule has 0 radical (unpaired) electrons. The van der Waals surface area contributed by atoms with Crippen molar-refractivity contribution in [2.24, 2.45) is 0 Å². The van der Waals surface area contributed by atoms with Crippen LogP contribution < -0.4 is 9.62 Å². The average molecular weight is 546 g/mol. The lowest BCUT2D eigenvalue weighted by Gasteiger charge is -2.32. The Hall–Kier alpha value is -2.53. The Labute approximate surface area is 200 Å². The van der Waals surface area contributed by atoms with E-state index in [9.17, 15) is 26.8 Å². The number of amides is 2. The van der Waals surface area contributed by atoms with Gasteiger partial charge in [0.15, 0.2) is 11.6 Å². The molecule has 0 saturated heterocycles. The first-order valence-corrected chi connectivity index (χ1v) is 12.7. The summed E-state index contributed by atoms with van der Waals surface area (Å²) in [6.45, 7) is 4.44. The SMILES string of the molecule is CC(C)NC(=O)C(C)N(Cc1ccc(Br)cc1)C(=O)CN(c1ccc(F)c(F)c1)S(C)(=O)=O. The van der Waals surface area contributed by atoms with Gasteiger partial charge in [0.1, 0.15) is 12.6 Å². The second kappa shape index (κ2) is 11.1. The zero-order valence-electron chi connectivity index (χ0n) is 18.7. The zero-order valence-corrected chi connectivity index (χ0v) is 21.1. The normalized spacial score (nSPS) is 12.4. The lowest BCUT2D eigenvalue weighted by Crippen LogP contribution is -2.52. The predicted octanol–water partition coefficient (Wildman–Crippen LogP) is 3.44. The molecule has 2 aromatic carbocycles. The Morgan fingerprint density at radius 2 is 1.64 bits per heavy atom. The van der Waals surface area contributed by atoms with Gasteiger partial charge in [-0.25, -0.2) is 17.2 Å². The van der Waals surface area contributed by atoms with Gasteiger partial charge in [-0.1, -0.05) is 28.1 Å². The molecule has 0 saturated carbocycles. The number of carbonyl (C=O) groups excluding carboxylic acids is 2.